The Morgan fingerprint density at radius 1 is 1.24 bits per heavy atom. The number of methoxy groups -OCH3 is 1. The molecule has 5 atom stereocenters. The second-order valence-electron chi connectivity index (χ2n) is 7.27. The molecule has 0 aromatic heterocycles. The van der Waals surface area contributed by atoms with Crippen LogP contribution in [0.25, 0.3) is 0 Å². The van der Waals surface area contributed by atoms with Crippen LogP contribution in [-0.2, 0) is 6.42 Å². The number of fused-ring (bicyclic) bond motifs is 5. The highest BCUT2D eigenvalue weighted by Gasteiger charge is 2.52. The Morgan fingerprint density at radius 2 is 2.10 bits per heavy atom. The van der Waals surface area contributed by atoms with E-state index in [4.69, 9.17) is 4.74 Å². The Morgan fingerprint density at radius 3 is 2.90 bits per heavy atom. The molecule has 0 heterocycles. The molecule has 1 N–H and O–H groups in total. The van der Waals surface area contributed by atoms with E-state index < -0.39 is 0 Å². The van der Waals surface area contributed by atoms with Crippen LogP contribution in [0.4, 0.5) is 0 Å². The van der Waals surface area contributed by atoms with Crippen molar-refractivity contribution in [3.63, 3.8) is 0 Å². The molecular weight excluding hydrogens is 260 g/mol. The zero-order valence-corrected chi connectivity index (χ0v) is 12.9. The molecule has 0 saturated heterocycles. The maximum Gasteiger partial charge on any atom is 0.119 e. The predicted octanol–water partition coefficient (Wildman–Crippen LogP) is 3.69. The molecule has 21 heavy (non-hydrogen) atoms. The van der Waals surface area contributed by atoms with Gasteiger partial charge in [0.15, 0.2) is 0 Å². The molecule has 3 aliphatic rings. The molecular formula is C19H24O2. The summed E-state index contributed by atoms with van der Waals surface area (Å²) in [6.07, 6.45) is 8.80. The first-order chi connectivity index (χ1) is 10.1. The third kappa shape index (κ3) is 1.81. The van der Waals surface area contributed by atoms with E-state index in [1.807, 2.05) is 6.08 Å². The lowest BCUT2D eigenvalue weighted by molar-refractivity contribution is -0.0101. The number of ether oxygens (including phenoxy) is 1. The van der Waals surface area contributed by atoms with Crippen LogP contribution < -0.4 is 4.74 Å². The number of benzene rings is 1. The van der Waals surface area contributed by atoms with Gasteiger partial charge in [-0.1, -0.05) is 25.1 Å². The van der Waals surface area contributed by atoms with Gasteiger partial charge in [-0.05, 0) is 66.7 Å². The van der Waals surface area contributed by atoms with Crippen LogP contribution in [0.5, 0.6) is 5.75 Å². The van der Waals surface area contributed by atoms with Gasteiger partial charge in [-0.15, -0.1) is 0 Å². The van der Waals surface area contributed by atoms with Crippen molar-refractivity contribution < 1.29 is 9.84 Å². The fraction of sp³-hybridized carbons (Fsp3) is 0.579. The van der Waals surface area contributed by atoms with Gasteiger partial charge in [0.05, 0.1) is 13.2 Å². The van der Waals surface area contributed by atoms with E-state index in [0.717, 1.165) is 18.6 Å². The number of allylic oxidation sites excluding steroid dienone is 1. The van der Waals surface area contributed by atoms with Crippen LogP contribution >= 0.6 is 0 Å². The van der Waals surface area contributed by atoms with Gasteiger partial charge < -0.3 is 9.84 Å². The first-order valence-corrected chi connectivity index (χ1v) is 8.16. The Kier molecular flexibility index (Phi) is 2.94. The van der Waals surface area contributed by atoms with Gasteiger partial charge in [0.25, 0.3) is 0 Å². The highest BCUT2D eigenvalue weighted by molar-refractivity contribution is 5.41. The summed E-state index contributed by atoms with van der Waals surface area (Å²) in [5, 5.41) is 10.3. The van der Waals surface area contributed by atoms with Crippen molar-refractivity contribution in [1.82, 2.24) is 0 Å². The maximum atomic E-state index is 10.3. The van der Waals surface area contributed by atoms with Crippen molar-refractivity contribution in [3.8, 4) is 5.75 Å². The van der Waals surface area contributed by atoms with Gasteiger partial charge in [-0.25, -0.2) is 0 Å². The third-order valence-electron chi connectivity index (χ3n) is 6.41. The van der Waals surface area contributed by atoms with Gasteiger partial charge in [0.2, 0.25) is 0 Å². The van der Waals surface area contributed by atoms with Crippen molar-refractivity contribution >= 4 is 0 Å². The molecule has 5 unspecified atom stereocenters. The van der Waals surface area contributed by atoms with Crippen LogP contribution in [0.15, 0.2) is 30.4 Å². The smallest absolute Gasteiger partial charge is 0.119 e. The van der Waals surface area contributed by atoms with Gasteiger partial charge in [0, 0.05) is 5.41 Å². The SMILES string of the molecule is COc1ccc2c(c1)CCC1C2CCC2(C)C(O)C=CC12. The molecule has 0 aliphatic heterocycles. The lowest BCUT2D eigenvalue weighted by atomic mass is 9.55. The van der Waals surface area contributed by atoms with Gasteiger partial charge >= 0.3 is 0 Å². The molecule has 1 aromatic rings. The minimum absolute atomic E-state index is 0.0745. The van der Waals surface area contributed by atoms with E-state index in [2.05, 4.69) is 31.2 Å². The molecule has 1 fully saturated rings. The molecule has 4 rings (SSSR count). The topological polar surface area (TPSA) is 29.5 Å². The molecule has 112 valence electrons. The molecule has 2 nitrogen and oxygen atoms in total. The van der Waals surface area contributed by atoms with E-state index in [-0.39, 0.29) is 11.5 Å². The summed E-state index contributed by atoms with van der Waals surface area (Å²) in [6.45, 7) is 2.28. The molecule has 3 aliphatic carbocycles. The predicted molar refractivity (Wildman–Crippen MR) is 83.5 cm³/mol. The fourth-order valence-electron chi connectivity index (χ4n) is 5.12. The van der Waals surface area contributed by atoms with Crippen molar-refractivity contribution in [2.24, 2.45) is 17.3 Å². The van der Waals surface area contributed by atoms with E-state index in [1.165, 1.54) is 24.0 Å². The number of aryl methyl sites for hydroxylation is 1. The van der Waals surface area contributed by atoms with Gasteiger partial charge in [0.1, 0.15) is 5.75 Å². The van der Waals surface area contributed by atoms with E-state index in [0.29, 0.717) is 17.8 Å². The summed E-state index contributed by atoms with van der Waals surface area (Å²) in [5.41, 5.74) is 3.08. The third-order valence-corrected chi connectivity index (χ3v) is 6.41. The summed E-state index contributed by atoms with van der Waals surface area (Å²) in [7, 11) is 1.74. The minimum atomic E-state index is -0.249. The van der Waals surface area contributed by atoms with Crippen LogP contribution in [0.3, 0.4) is 0 Å². The van der Waals surface area contributed by atoms with E-state index >= 15 is 0 Å². The lowest BCUT2D eigenvalue weighted by Gasteiger charge is -2.50. The first kappa shape index (κ1) is 13.4. The normalized spacial score (nSPS) is 40.3. The second-order valence-corrected chi connectivity index (χ2v) is 7.27. The highest BCUT2D eigenvalue weighted by atomic mass is 16.5. The summed E-state index contributed by atoms with van der Waals surface area (Å²) in [6, 6.07) is 6.61. The van der Waals surface area contributed by atoms with Gasteiger partial charge in [-0.3, -0.25) is 0 Å². The molecule has 0 bridgehead atoms. The standard InChI is InChI=1S/C19H24O2/c1-19-10-9-15-14-6-4-13(21-2)11-12(14)3-5-16(15)17(19)7-8-18(19)20/h4,6-8,11,15-18,20H,3,5,9-10H2,1-2H3. The van der Waals surface area contributed by atoms with Crippen LogP contribution in [0, 0.1) is 17.3 Å². The van der Waals surface area contributed by atoms with Crippen LogP contribution in [-0.4, -0.2) is 18.3 Å². The van der Waals surface area contributed by atoms with Crippen molar-refractivity contribution in [2.45, 2.75) is 44.6 Å². The summed E-state index contributed by atoms with van der Waals surface area (Å²) >= 11 is 0. The number of aliphatic hydroxyl groups is 1. The molecule has 0 spiro atoms. The monoisotopic (exact) mass is 284 g/mol. The Balaban J connectivity index is 1.70. The van der Waals surface area contributed by atoms with E-state index in [9.17, 15) is 5.11 Å². The van der Waals surface area contributed by atoms with Crippen molar-refractivity contribution in [2.75, 3.05) is 7.11 Å². The molecule has 1 saturated carbocycles. The highest BCUT2D eigenvalue weighted by Crippen LogP contribution is 2.58. The summed E-state index contributed by atoms with van der Waals surface area (Å²) < 4.78 is 5.37. The number of hydrogen-bond donors (Lipinski definition) is 1. The maximum absolute atomic E-state index is 10.3. The lowest BCUT2D eigenvalue weighted by Crippen LogP contribution is -2.44. The molecule has 0 radical (unpaired) electrons. The zero-order chi connectivity index (χ0) is 14.6. The molecule has 0 amide bonds. The first-order valence-electron chi connectivity index (χ1n) is 8.16. The largest absolute Gasteiger partial charge is 0.497 e. The number of rotatable bonds is 1. The number of hydrogen-bond acceptors (Lipinski definition) is 2. The average Bonchev–Trinajstić information content (AvgIpc) is 2.82. The van der Waals surface area contributed by atoms with E-state index in [1.54, 1.807) is 7.11 Å². The van der Waals surface area contributed by atoms with Crippen LogP contribution in [0.2, 0.25) is 0 Å². The quantitative estimate of drug-likeness (QED) is 0.797. The Labute approximate surface area is 126 Å². The molecule has 2 heteroatoms. The second kappa shape index (κ2) is 4.61. The van der Waals surface area contributed by atoms with Crippen molar-refractivity contribution in [1.29, 1.82) is 0 Å². The fourth-order valence-corrected chi connectivity index (χ4v) is 5.12. The Hall–Kier alpha value is -1.28. The summed E-state index contributed by atoms with van der Waals surface area (Å²) in [5.74, 6) is 2.87. The minimum Gasteiger partial charge on any atom is -0.497 e. The Bertz CT molecular complexity index is 591. The number of aliphatic hydroxyl groups excluding tert-OH is 1. The van der Waals surface area contributed by atoms with Gasteiger partial charge in [-0.2, -0.15) is 0 Å². The van der Waals surface area contributed by atoms with Crippen molar-refractivity contribution in [3.05, 3.63) is 41.5 Å². The zero-order valence-electron chi connectivity index (χ0n) is 12.9. The summed E-state index contributed by atoms with van der Waals surface area (Å²) in [4.78, 5) is 0. The molecule has 1 aromatic carbocycles. The van der Waals surface area contributed by atoms with Crippen LogP contribution in [0.1, 0.15) is 43.2 Å². The average molecular weight is 284 g/mol.